The normalized spacial score (nSPS) is 17.3. The lowest BCUT2D eigenvalue weighted by Gasteiger charge is -2.32. The fraction of sp³-hybridized carbons (Fsp3) is 0.467. The number of rotatable bonds is 4. The Labute approximate surface area is 145 Å². The standard InChI is InChI=1S/C15H19ClFN3O2.ClH/c16-12-8-10(3-4-13(12)17)15(22)20-7-1-2-11(9-20)14(21)19-6-5-18;/h3-4,8,11H,1-2,5-7,9,18H2,(H,19,21);1H. The summed E-state index contributed by atoms with van der Waals surface area (Å²) < 4.78 is 13.2. The molecule has 1 atom stereocenters. The number of carbonyl (C=O) groups is 2. The van der Waals surface area contributed by atoms with Crippen molar-refractivity contribution in [2.75, 3.05) is 26.2 Å². The molecule has 0 aliphatic carbocycles. The highest BCUT2D eigenvalue weighted by molar-refractivity contribution is 6.31. The van der Waals surface area contributed by atoms with Crippen molar-refractivity contribution < 1.29 is 14.0 Å². The van der Waals surface area contributed by atoms with Crippen LogP contribution < -0.4 is 11.1 Å². The monoisotopic (exact) mass is 363 g/mol. The van der Waals surface area contributed by atoms with Gasteiger partial charge in [-0.15, -0.1) is 12.4 Å². The van der Waals surface area contributed by atoms with E-state index in [9.17, 15) is 14.0 Å². The van der Waals surface area contributed by atoms with Gasteiger partial charge in [-0.1, -0.05) is 11.6 Å². The third-order valence-electron chi connectivity index (χ3n) is 3.69. The van der Waals surface area contributed by atoms with Crippen molar-refractivity contribution in [2.45, 2.75) is 12.8 Å². The van der Waals surface area contributed by atoms with Gasteiger partial charge in [-0.2, -0.15) is 0 Å². The lowest BCUT2D eigenvalue weighted by atomic mass is 9.96. The van der Waals surface area contributed by atoms with Crippen molar-refractivity contribution in [2.24, 2.45) is 11.7 Å². The molecule has 1 heterocycles. The molecule has 0 aromatic heterocycles. The van der Waals surface area contributed by atoms with E-state index in [0.29, 0.717) is 31.7 Å². The molecule has 1 aliphatic rings. The van der Waals surface area contributed by atoms with Gasteiger partial charge in [-0.3, -0.25) is 9.59 Å². The number of likely N-dealkylation sites (tertiary alicyclic amines) is 1. The number of halogens is 3. The molecule has 128 valence electrons. The van der Waals surface area contributed by atoms with Gasteiger partial charge in [0, 0.05) is 31.7 Å². The first-order valence-corrected chi connectivity index (χ1v) is 7.63. The summed E-state index contributed by atoms with van der Waals surface area (Å²) >= 11 is 5.71. The second-order valence-corrected chi connectivity index (χ2v) is 5.71. The minimum absolute atomic E-state index is 0. The molecule has 1 fully saturated rings. The molecule has 3 N–H and O–H groups in total. The molecule has 2 amide bonds. The molecule has 1 aromatic carbocycles. The van der Waals surface area contributed by atoms with Crippen molar-refractivity contribution in [3.63, 3.8) is 0 Å². The molecule has 0 saturated carbocycles. The number of hydrogen-bond acceptors (Lipinski definition) is 3. The van der Waals surface area contributed by atoms with Crippen LogP contribution in [0.15, 0.2) is 18.2 Å². The van der Waals surface area contributed by atoms with Gasteiger partial charge in [0.05, 0.1) is 10.9 Å². The van der Waals surface area contributed by atoms with Gasteiger partial charge < -0.3 is 16.0 Å². The Morgan fingerprint density at radius 3 is 2.83 bits per heavy atom. The highest BCUT2D eigenvalue weighted by atomic mass is 35.5. The highest BCUT2D eigenvalue weighted by Crippen LogP contribution is 2.21. The number of nitrogens with zero attached hydrogens (tertiary/aromatic N) is 1. The molecule has 23 heavy (non-hydrogen) atoms. The van der Waals surface area contributed by atoms with E-state index in [1.165, 1.54) is 18.2 Å². The van der Waals surface area contributed by atoms with Crippen LogP contribution in [0.3, 0.4) is 0 Å². The Hall–Kier alpha value is -1.37. The molecule has 2 rings (SSSR count). The highest BCUT2D eigenvalue weighted by Gasteiger charge is 2.28. The second-order valence-electron chi connectivity index (χ2n) is 5.30. The number of amides is 2. The molecule has 0 radical (unpaired) electrons. The minimum Gasteiger partial charge on any atom is -0.355 e. The number of carbonyl (C=O) groups excluding carboxylic acids is 2. The van der Waals surface area contributed by atoms with Crippen LogP contribution in [0, 0.1) is 11.7 Å². The molecule has 1 saturated heterocycles. The Morgan fingerprint density at radius 1 is 1.43 bits per heavy atom. The van der Waals surface area contributed by atoms with Crippen molar-refractivity contribution in [3.05, 3.63) is 34.6 Å². The van der Waals surface area contributed by atoms with Gasteiger partial charge in [0.2, 0.25) is 5.91 Å². The lowest BCUT2D eigenvalue weighted by molar-refractivity contribution is -0.126. The van der Waals surface area contributed by atoms with Crippen LogP contribution in [-0.4, -0.2) is 42.9 Å². The first kappa shape index (κ1) is 19.7. The Morgan fingerprint density at radius 2 is 2.17 bits per heavy atom. The average Bonchev–Trinajstić information content (AvgIpc) is 2.54. The third kappa shape index (κ3) is 5.06. The Balaban J connectivity index is 0.00000264. The predicted octanol–water partition coefficient (Wildman–Crippen LogP) is 1.83. The maximum Gasteiger partial charge on any atom is 0.253 e. The number of piperidine rings is 1. The zero-order valence-electron chi connectivity index (χ0n) is 12.6. The second kappa shape index (κ2) is 9.05. The van der Waals surface area contributed by atoms with Gasteiger partial charge in [-0.05, 0) is 31.0 Å². The van der Waals surface area contributed by atoms with Crippen LogP contribution in [0.1, 0.15) is 23.2 Å². The number of hydrogen-bond donors (Lipinski definition) is 2. The number of nitrogens with one attached hydrogen (secondary N) is 1. The third-order valence-corrected chi connectivity index (χ3v) is 3.98. The number of nitrogens with two attached hydrogens (primary N) is 1. The van der Waals surface area contributed by atoms with E-state index >= 15 is 0 Å². The van der Waals surface area contributed by atoms with Gasteiger partial charge >= 0.3 is 0 Å². The first-order chi connectivity index (χ1) is 10.5. The largest absolute Gasteiger partial charge is 0.355 e. The zero-order chi connectivity index (χ0) is 16.1. The molecular formula is C15H20Cl2FN3O2. The molecular weight excluding hydrogens is 344 g/mol. The molecule has 0 bridgehead atoms. The molecule has 0 spiro atoms. The van der Waals surface area contributed by atoms with Gasteiger partial charge in [0.15, 0.2) is 0 Å². The van der Waals surface area contributed by atoms with Crippen LogP contribution >= 0.6 is 24.0 Å². The summed E-state index contributed by atoms with van der Waals surface area (Å²) in [6, 6.07) is 3.89. The SMILES string of the molecule is Cl.NCCNC(=O)C1CCCN(C(=O)c2ccc(F)c(Cl)c2)C1. The fourth-order valence-corrected chi connectivity index (χ4v) is 2.71. The maximum atomic E-state index is 13.2. The van der Waals surface area contributed by atoms with Crippen molar-refractivity contribution in [1.29, 1.82) is 0 Å². The first-order valence-electron chi connectivity index (χ1n) is 7.25. The lowest BCUT2D eigenvalue weighted by Crippen LogP contribution is -2.46. The van der Waals surface area contributed by atoms with Crippen LogP contribution in [0.2, 0.25) is 5.02 Å². The van der Waals surface area contributed by atoms with Crippen molar-refractivity contribution >= 4 is 35.8 Å². The molecule has 8 heteroatoms. The van der Waals surface area contributed by atoms with Crippen LogP contribution in [0.5, 0.6) is 0 Å². The van der Waals surface area contributed by atoms with E-state index in [1.807, 2.05) is 0 Å². The fourth-order valence-electron chi connectivity index (χ4n) is 2.53. The summed E-state index contributed by atoms with van der Waals surface area (Å²) in [7, 11) is 0. The van der Waals surface area contributed by atoms with E-state index in [2.05, 4.69) is 5.32 Å². The molecule has 1 aliphatic heterocycles. The Bertz CT molecular complexity index is 572. The quantitative estimate of drug-likeness (QED) is 0.856. The topological polar surface area (TPSA) is 75.4 Å². The summed E-state index contributed by atoms with van der Waals surface area (Å²) in [5.41, 5.74) is 5.69. The maximum absolute atomic E-state index is 13.2. The zero-order valence-corrected chi connectivity index (χ0v) is 14.1. The van der Waals surface area contributed by atoms with Gasteiger partial charge in [-0.25, -0.2) is 4.39 Å². The van der Waals surface area contributed by atoms with E-state index < -0.39 is 5.82 Å². The van der Waals surface area contributed by atoms with Gasteiger partial charge in [0.25, 0.3) is 5.91 Å². The van der Waals surface area contributed by atoms with E-state index in [-0.39, 0.29) is 35.2 Å². The van der Waals surface area contributed by atoms with E-state index in [1.54, 1.807) is 4.90 Å². The Kier molecular flexibility index (Phi) is 7.75. The van der Waals surface area contributed by atoms with Crippen LogP contribution in [-0.2, 0) is 4.79 Å². The summed E-state index contributed by atoms with van der Waals surface area (Å²) in [6.45, 7) is 1.74. The minimum atomic E-state index is -0.559. The predicted molar refractivity (Wildman–Crippen MR) is 89.3 cm³/mol. The average molecular weight is 364 g/mol. The van der Waals surface area contributed by atoms with Gasteiger partial charge in [0.1, 0.15) is 5.82 Å². The summed E-state index contributed by atoms with van der Waals surface area (Å²) in [5.74, 6) is -1.12. The van der Waals surface area contributed by atoms with Crippen molar-refractivity contribution in [3.8, 4) is 0 Å². The summed E-state index contributed by atoms with van der Waals surface area (Å²) in [5, 5.41) is 2.66. The van der Waals surface area contributed by atoms with Crippen LogP contribution in [0.25, 0.3) is 0 Å². The molecule has 1 aromatic rings. The van der Waals surface area contributed by atoms with E-state index in [4.69, 9.17) is 17.3 Å². The summed E-state index contributed by atoms with van der Waals surface area (Å²) in [6.07, 6.45) is 1.49. The number of benzene rings is 1. The molecule has 1 unspecified atom stereocenters. The molecule has 5 nitrogen and oxygen atoms in total. The van der Waals surface area contributed by atoms with Crippen LogP contribution in [0.4, 0.5) is 4.39 Å². The van der Waals surface area contributed by atoms with E-state index in [0.717, 1.165) is 12.8 Å². The van der Waals surface area contributed by atoms with Crippen molar-refractivity contribution in [1.82, 2.24) is 10.2 Å². The summed E-state index contributed by atoms with van der Waals surface area (Å²) in [4.78, 5) is 26.0. The smallest absolute Gasteiger partial charge is 0.253 e.